The van der Waals surface area contributed by atoms with Gasteiger partial charge in [-0.05, 0) is 13.0 Å². The topological polar surface area (TPSA) is 101 Å². The van der Waals surface area contributed by atoms with E-state index < -0.39 is 17.2 Å². The number of carboxylic acid groups (broad SMARTS) is 1. The number of aromatic carboxylic acids is 1. The van der Waals surface area contributed by atoms with Gasteiger partial charge in [-0.2, -0.15) is 0 Å². The van der Waals surface area contributed by atoms with E-state index in [1.807, 2.05) is 11.8 Å². The Bertz CT molecular complexity index is 1320. The zero-order valence-electron chi connectivity index (χ0n) is 17.4. The smallest absolute Gasteiger partial charge is 0.432 e. The van der Waals surface area contributed by atoms with Gasteiger partial charge < -0.3 is 19.3 Å². The van der Waals surface area contributed by atoms with Gasteiger partial charge in [-0.15, -0.1) is 0 Å². The van der Waals surface area contributed by atoms with Crippen LogP contribution in [0.5, 0.6) is 5.75 Å². The van der Waals surface area contributed by atoms with Gasteiger partial charge in [0.2, 0.25) is 5.43 Å². The van der Waals surface area contributed by atoms with Crippen molar-refractivity contribution >= 4 is 35.2 Å². The number of rotatable bonds is 4. The third-order valence-corrected chi connectivity index (χ3v) is 6.10. The minimum Gasteiger partial charge on any atom is -0.487 e. The lowest BCUT2D eigenvalue weighted by Gasteiger charge is -2.31. The minimum atomic E-state index is -1.34. The molecule has 0 spiro atoms. The molecule has 5 rings (SSSR count). The molecule has 1 N–H and O–H groups in total. The van der Waals surface area contributed by atoms with Crippen molar-refractivity contribution in [1.82, 2.24) is 14.5 Å². The van der Waals surface area contributed by atoms with Crippen LogP contribution in [0.2, 0.25) is 0 Å². The summed E-state index contributed by atoms with van der Waals surface area (Å²) >= 11 is 0. The fourth-order valence-electron chi connectivity index (χ4n) is 4.46. The summed E-state index contributed by atoms with van der Waals surface area (Å²) in [5.74, 6) is -1.22. The van der Waals surface area contributed by atoms with Gasteiger partial charge in [-0.3, -0.25) is 4.79 Å². The van der Waals surface area contributed by atoms with Crippen molar-refractivity contribution in [2.24, 2.45) is 0 Å². The standard InChI is InChI=1S/C22H20FN5O4/c1-12-11-32-20-17-14(19(29)15(21(30)31)10-28(12)17)8-16(23)18(20)27-7-4-13(9-27)26(2)22-24-5-3-6-25-22/h3,5-6,8,10,12-13H,2,4,7,9,11H2,1H3/p+1/t12-,13+/m0/s1. The molecule has 1 aromatic carbocycles. The molecule has 10 heteroatoms. The molecule has 0 bridgehead atoms. The number of anilines is 1. The number of ether oxygens (including phenoxy) is 1. The predicted molar refractivity (Wildman–Crippen MR) is 115 cm³/mol. The van der Waals surface area contributed by atoms with Crippen LogP contribution in [-0.4, -0.2) is 62.6 Å². The number of carboxylic acids is 1. The molecule has 4 heterocycles. The summed E-state index contributed by atoms with van der Waals surface area (Å²) in [5, 5.41) is 9.42. The first-order valence-electron chi connectivity index (χ1n) is 10.3. The van der Waals surface area contributed by atoms with E-state index in [2.05, 4.69) is 16.7 Å². The maximum atomic E-state index is 15.4. The molecule has 0 saturated carbocycles. The van der Waals surface area contributed by atoms with Gasteiger partial charge in [0.1, 0.15) is 36.3 Å². The molecule has 2 aliphatic rings. The molecule has 0 unspecified atom stereocenters. The highest BCUT2D eigenvalue weighted by atomic mass is 19.1. The summed E-state index contributed by atoms with van der Waals surface area (Å²) in [5.41, 5.74) is -0.430. The first kappa shape index (κ1) is 20.1. The van der Waals surface area contributed by atoms with E-state index in [1.54, 1.807) is 27.6 Å². The Kier molecular flexibility index (Phi) is 4.65. The molecule has 2 aromatic heterocycles. The molecule has 0 amide bonds. The molecule has 32 heavy (non-hydrogen) atoms. The number of carbonyl (C=O) groups is 1. The van der Waals surface area contributed by atoms with Crippen molar-refractivity contribution < 1.29 is 23.6 Å². The first-order valence-corrected chi connectivity index (χ1v) is 10.3. The van der Waals surface area contributed by atoms with Gasteiger partial charge in [0.05, 0.1) is 23.5 Å². The number of nitrogens with zero attached hydrogens (tertiary/aromatic N) is 5. The fourth-order valence-corrected chi connectivity index (χ4v) is 4.46. The number of halogens is 1. The van der Waals surface area contributed by atoms with Crippen molar-refractivity contribution in [3.05, 3.63) is 52.3 Å². The molecule has 164 valence electrons. The second-order valence-electron chi connectivity index (χ2n) is 8.08. The molecule has 1 fully saturated rings. The molecule has 2 atom stereocenters. The Hall–Kier alpha value is -3.82. The number of pyridine rings is 1. The zero-order chi connectivity index (χ0) is 22.6. The van der Waals surface area contributed by atoms with Crippen LogP contribution in [0.3, 0.4) is 0 Å². The predicted octanol–water partition coefficient (Wildman–Crippen LogP) is 2.21. The van der Waals surface area contributed by atoms with Crippen molar-refractivity contribution in [2.45, 2.75) is 25.4 Å². The van der Waals surface area contributed by atoms with Gasteiger partial charge in [0.15, 0.2) is 11.6 Å². The van der Waals surface area contributed by atoms with E-state index in [1.165, 1.54) is 6.20 Å². The highest BCUT2D eigenvalue weighted by Gasteiger charge is 2.35. The number of hydrogen-bond acceptors (Lipinski definition) is 6. The lowest BCUT2D eigenvalue weighted by Crippen LogP contribution is -2.31. The summed E-state index contributed by atoms with van der Waals surface area (Å²) in [6, 6.07) is 2.59. The second kappa shape index (κ2) is 7.40. The van der Waals surface area contributed by atoms with Gasteiger partial charge in [0.25, 0.3) is 0 Å². The molecule has 3 aromatic rings. The zero-order valence-corrected chi connectivity index (χ0v) is 17.4. The van der Waals surface area contributed by atoms with E-state index in [9.17, 15) is 14.7 Å². The van der Waals surface area contributed by atoms with Gasteiger partial charge in [-0.1, -0.05) is 9.97 Å². The maximum absolute atomic E-state index is 15.4. The fraction of sp³-hybridized carbons (Fsp3) is 0.318. The summed E-state index contributed by atoms with van der Waals surface area (Å²) in [6.07, 6.45) is 5.31. The molecule has 2 aliphatic heterocycles. The van der Waals surface area contributed by atoms with E-state index in [-0.39, 0.29) is 41.1 Å². The summed E-state index contributed by atoms with van der Waals surface area (Å²) in [6.45, 7) is 7.17. The summed E-state index contributed by atoms with van der Waals surface area (Å²) in [7, 11) is 0. The van der Waals surface area contributed by atoms with Gasteiger partial charge in [0, 0.05) is 31.9 Å². The molecular formula is C22H21FN5O4+. The van der Waals surface area contributed by atoms with E-state index in [4.69, 9.17) is 4.74 Å². The number of hydrogen-bond donors (Lipinski definition) is 1. The Labute approximate surface area is 182 Å². The van der Waals surface area contributed by atoms with Crippen LogP contribution >= 0.6 is 0 Å². The van der Waals surface area contributed by atoms with Crippen LogP contribution in [0.1, 0.15) is 29.7 Å². The summed E-state index contributed by atoms with van der Waals surface area (Å²) < 4.78 is 24.7. The molecular weight excluding hydrogens is 417 g/mol. The van der Waals surface area contributed by atoms with Gasteiger partial charge >= 0.3 is 11.9 Å². The molecule has 1 saturated heterocycles. The average molecular weight is 438 g/mol. The maximum Gasteiger partial charge on any atom is 0.432 e. The van der Waals surface area contributed by atoms with Crippen molar-refractivity contribution in [1.29, 1.82) is 0 Å². The van der Waals surface area contributed by atoms with Crippen LogP contribution in [0.25, 0.3) is 10.9 Å². The third-order valence-electron chi connectivity index (χ3n) is 6.10. The molecule has 0 aliphatic carbocycles. The Morgan fingerprint density at radius 2 is 2.12 bits per heavy atom. The van der Waals surface area contributed by atoms with Gasteiger partial charge in [-0.25, -0.2) is 13.8 Å². The van der Waals surface area contributed by atoms with Crippen molar-refractivity contribution in [2.75, 3.05) is 24.6 Å². The van der Waals surface area contributed by atoms with Crippen molar-refractivity contribution in [3.63, 3.8) is 0 Å². The van der Waals surface area contributed by atoms with Crippen LogP contribution in [0.15, 0.2) is 35.5 Å². The van der Waals surface area contributed by atoms with E-state index in [0.717, 1.165) is 6.07 Å². The Morgan fingerprint density at radius 1 is 1.38 bits per heavy atom. The number of benzene rings is 1. The lowest BCUT2D eigenvalue weighted by molar-refractivity contribution is -0.478. The monoisotopic (exact) mass is 438 g/mol. The second-order valence-corrected chi connectivity index (χ2v) is 8.08. The van der Waals surface area contributed by atoms with E-state index in [0.29, 0.717) is 31.0 Å². The van der Waals surface area contributed by atoms with Crippen LogP contribution in [0, 0.1) is 5.82 Å². The molecule has 9 nitrogen and oxygen atoms in total. The van der Waals surface area contributed by atoms with Crippen LogP contribution < -0.4 is 15.1 Å². The highest BCUT2D eigenvalue weighted by molar-refractivity contribution is 5.97. The summed E-state index contributed by atoms with van der Waals surface area (Å²) in [4.78, 5) is 34.6. The van der Waals surface area contributed by atoms with Crippen LogP contribution in [-0.2, 0) is 0 Å². The Morgan fingerprint density at radius 3 is 2.84 bits per heavy atom. The largest absolute Gasteiger partial charge is 0.487 e. The normalized spacial score (nSPS) is 19.8. The quantitative estimate of drug-likeness (QED) is 0.492. The number of aromatic nitrogens is 3. The van der Waals surface area contributed by atoms with Crippen LogP contribution in [0.4, 0.5) is 16.0 Å². The van der Waals surface area contributed by atoms with Crippen molar-refractivity contribution in [3.8, 4) is 5.75 Å². The molecule has 0 radical (unpaired) electrons. The minimum absolute atomic E-state index is 0.0000767. The highest BCUT2D eigenvalue weighted by Crippen LogP contribution is 2.43. The lowest BCUT2D eigenvalue weighted by atomic mass is 10.1. The SMILES string of the molecule is C=[N+](c1ncccn1)[C@@H]1CCN(c2c(F)cc3c(=O)c(C(=O)O)cn4c3c2OC[C@@H]4C)C1. The Balaban J connectivity index is 1.60. The van der Waals surface area contributed by atoms with E-state index >= 15 is 4.39 Å². The average Bonchev–Trinajstić information content (AvgIpc) is 3.26. The third kappa shape index (κ3) is 3.02. The first-order chi connectivity index (χ1) is 15.4.